The van der Waals surface area contributed by atoms with E-state index in [0.717, 1.165) is 78.9 Å². The molecular formula is C56H49IrN3OSi-2. The van der Waals surface area contributed by atoms with Crippen molar-refractivity contribution in [2.45, 2.75) is 46.8 Å². The number of fused-ring (bicyclic) bond motifs is 4. The second-order valence-electron chi connectivity index (χ2n) is 17.9. The van der Waals surface area contributed by atoms with Crippen LogP contribution in [0.3, 0.4) is 0 Å². The molecule has 0 bridgehead atoms. The van der Waals surface area contributed by atoms with Crippen LogP contribution in [0.15, 0.2) is 180 Å². The smallest absolute Gasteiger partial charge is 0.120 e. The van der Waals surface area contributed by atoms with E-state index in [4.69, 9.17) is 14.4 Å². The molecule has 0 atom stereocenters. The van der Waals surface area contributed by atoms with E-state index in [1.807, 2.05) is 48.5 Å². The maximum absolute atomic E-state index is 6.43. The molecule has 62 heavy (non-hydrogen) atoms. The van der Waals surface area contributed by atoms with Gasteiger partial charge in [0.1, 0.15) is 5.58 Å². The zero-order chi connectivity index (χ0) is 42.1. The van der Waals surface area contributed by atoms with Crippen molar-refractivity contribution in [1.29, 1.82) is 0 Å². The molecule has 10 aromatic rings. The van der Waals surface area contributed by atoms with Crippen LogP contribution in [0.4, 0.5) is 0 Å². The standard InChI is InChI=1S/C37H23N2O.C19H26NSi.Ir/c1-3-12-25(13-4-1)27-22-23-33(31(24-27)26-14-5-2-6-15-26)39-34-20-9-8-19-32(34)38-37(39)30-18-11-17-29-28-16-7-10-21-35(28)40-36(29)30;1-19(2,3)13-16-12-17(15-10-8-7-9-11-15)20-14-18(16)21(4,5)6;/h1-17,19-24H;7-10,12,14H,13H2,1-6H3;/q2*-1;. The van der Waals surface area contributed by atoms with Crippen LogP contribution in [0.5, 0.6) is 0 Å². The number of hydrogen-bond acceptors (Lipinski definition) is 3. The van der Waals surface area contributed by atoms with Crippen LogP contribution in [0.2, 0.25) is 19.6 Å². The summed E-state index contributed by atoms with van der Waals surface area (Å²) in [6.07, 6.45) is 3.21. The van der Waals surface area contributed by atoms with E-state index in [9.17, 15) is 0 Å². The summed E-state index contributed by atoms with van der Waals surface area (Å²) in [7, 11) is -1.37. The Bertz CT molecular complexity index is 3120. The van der Waals surface area contributed by atoms with Crippen LogP contribution >= 0.6 is 0 Å². The fraction of sp³-hybridized carbons (Fsp3) is 0.143. The Kier molecular flexibility index (Phi) is 12.1. The van der Waals surface area contributed by atoms with Gasteiger partial charge in [0, 0.05) is 42.9 Å². The molecule has 0 saturated heterocycles. The van der Waals surface area contributed by atoms with Gasteiger partial charge in [-0.25, -0.2) is 0 Å². The van der Waals surface area contributed by atoms with Crippen LogP contribution < -0.4 is 5.19 Å². The Balaban J connectivity index is 0.000000205. The average molecular weight is 1000 g/mol. The third kappa shape index (κ3) is 8.78. The van der Waals surface area contributed by atoms with E-state index in [1.54, 1.807) is 0 Å². The molecule has 309 valence electrons. The number of para-hydroxylation sites is 3. The maximum Gasteiger partial charge on any atom is 0.120 e. The number of rotatable bonds is 7. The van der Waals surface area contributed by atoms with Crippen LogP contribution in [0.25, 0.3) is 83.6 Å². The topological polar surface area (TPSA) is 43.9 Å². The van der Waals surface area contributed by atoms with Crippen molar-refractivity contribution in [3.63, 3.8) is 0 Å². The van der Waals surface area contributed by atoms with Gasteiger partial charge in [0.2, 0.25) is 0 Å². The molecule has 3 aromatic heterocycles. The molecule has 6 heteroatoms. The summed E-state index contributed by atoms with van der Waals surface area (Å²) in [6.45, 7) is 14.1. The van der Waals surface area contributed by atoms with Gasteiger partial charge < -0.3 is 14.0 Å². The fourth-order valence-electron chi connectivity index (χ4n) is 8.27. The maximum atomic E-state index is 6.43. The predicted molar refractivity (Wildman–Crippen MR) is 258 cm³/mol. The number of aromatic nitrogens is 3. The molecule has 1 radical (unpaired) electrons. The summed E-state index contributed by atoms with van der Waals surface area (Å²) < 4.78 is 8.69. The van der Waals surface area contributed by atoms with Gasteiger partial charge in [-0.2, -0.15) is 0 Å². The summed E-state index contributed by atoms with van der Waals surface area (Å²) in [4.78, 5) is 9.88. The third-order valence-corrected chi connectivity index (χ3v) is 13.1. The van der Waals surface area contributed by atoms with Crippen LogP contribution in [0.1, 0.15) is 26.3 Å². The van der Waals surface area contributed by atoms with Crippen molar-refractivity contribution in [2.24, 2.45) is 5.41 Å². The summed E-state index contributed by atoms with van der Waals surface area (Å²) in [5.74, 6) is 0.801. The quantitative estimate of drug-likeness (QED) is 0.118. The Labute approximate surface area is 379 Å². The first-order valence-electron chi connectivity index (χ1n) is 21.0. The minimum absolute atomic E-state index is 0. The van der Waals surface area contributed by atoms with Gasteiger partial charge in [-0.3, -0.25) is 4.98 Å². The minimum atomic E-state index is -1.37. The Morgan fingerprint density at radius 1 is 0.645 bits per heavy atom. The van der Waals surface area contributed by atoms with Crippen molar-refractivity contribution in [1.82, 2.24) is 14.5 Å². The number of benzene rings is 7. The molecule has 0 aliphatic carbocycles. The molecule has 0 saturated carbocycles. The van der Waals surface area contributed by atoms with E-state index in [2.05, 4.69) is 185 Å². The normalized spacial score (nSPS) is 11.6. The van der Waals surface area contributed by atoms with Gasteiger partial charge in [0.15, 0.2) is 0 Å². The first kappa shape index (κ1) is 42.5. The van der Waals surface area contributed by atoms with E-state index in [-0.39, 0.29) is 25.5 Å². The van der Waals surface area contributed by atoms with E-state index < -0.39 is 8.07 Å². The molecule has 0 amide bonds. The van der Waals surface area contributed by atoms with E-state index in [1.165, 1.54) is 21.9 Å². The molecule has 10 rings (SSSR count). The van der Waals surface area contributed by atoms with Gasteiger partial charge >= 0.3 is 0 Å². The minimum Gasteiger partial charge on any atom is -0.501 e. The molecule has 0 aliphatic rings. The van der Waals surface area contributed by atoms with Crippen LogP contribution in [0, 0.1) is 17.5 Å². The first-order chi connectivity index (χ1) is 29.5. The second kappa shape index (κ2) is 17.7. The molecule has 7 aromatic carbocycles. The summed E-state index contributed by atoms with van der Waals surface area (Å²) in [6, 6.07) is 65.4. The van der Waals surface area contributed by atoms with Gasteiger partial charge in [0.25, 0.3) is 0 Å². The Hall–Kier alpha value is -6.17. The molecule has 4 nitrogen and oxygen atoms in total. The van der Waals surface area contributed by atoms with E-state index in [0.29, 0.717) is 0 Å². The predicted octanol–water partition coefficient (Wildman–Crippen LogP) is 14.4. The largest absolute Gasteiger partial charge is 0.501 e. The number of pyridine rings is 1. The SMILES string of the molecule is CC(C)(C)Cc1cc(-c2[c-]cccc2)ncc1[Si](C)(C)C.[Ir].[c-]1ccc2c(oc3ccccc32)c1-c1nc2ccccc2n1-c1ccc(-c2ccccc2)cc1-c1ccccc1. The fourth-order valence-corrected chi connectivity index (χ4v) is 9.85. The molecule has 3 heterocycles. The molecule has 0 spiro atoms. The zero-order valence-electron chi connectivity index (χ0n) is 36.0. The van der Waals surface area contributed by atoms with Crippen molar-refractivity contribution < 1.29 is 24.5 Å². The second-order valence-corrected chi connectivity index (χ2v) is 22.9. The summed E-state index contributed by atoms with van der Waals surface area (Å²) >= 11 is 0. The molecular weight excluding hydrogens is 951 g/mol. The van der Waals surface area contributed by atoms with Crippen LogP contribution in [-0.4, -0.2) is 22.6 Å². The van der Waals surface area contributed by atoms with Crippen molar-refractivity contribution in [3.05, 3.63) is 194 Å². The average Bonchev–Trinajstić information content (AvgIpc) is 3.85. The number of nitrogens with zero attached hydrogens (tertiary/aromatic N) is 3. The van der Waals surface area contributed by atoms with Crippen LogP contribution in [-0.2, 0) is 26.5 Å². The summed E-state index contributed by atoms with van der Waals surface area (Å²) in [5, 5.41) is 3.63. The van der Waals surface area contributed by atoms with Gasteiger partial charge in [0.05, 0.1) is 30.5 Å². The summed E-state index contributed by atoms with van der Waals surface area (Å²) in [5.41, 5.74) is 14.0. The first-order valence-corrected chi connectivity index (χ1v) is 24.5. The molecule has 0 fully saturated rings. The Morgan fingerprint density at radius 2 is 1.34 bits per heavy atom. The molecule has 0 aliphatic heterocycles. The molecule has 0 N–H and O–H groups in total. The third-order valence-electron chi connectivity index (χ3n) is 11.1. The van der Waals surface area contributed by atoms with Gasteiger partial charge in [-0.15, -0.1) is 54.1 Å². The van der Waals surface area contributed by atoms with Crippen molar-refractivity contribution >= 4 is 46.2 Å². The molecule has 0 unspecified atom stereocenters. The monoisotopic (exact) mass is 1000 g/mol. The number of hydrogen-bond donors (Lipinski definition) is 0. The van der Waals surface area contributed by atoms with Gasteiger partial charge in [-0.1, -0.05) is 160 Å². The Morgan fingerprint density at radius 3 is 2.06 bits per heavy atom. The van der Waals surface area contributed by atoms with E-state index >= 15 is 0 Å². The zero-order valence-corrected chi connectivity index (χ0v) is 39.4. The number of imidazole rings is 1. The number of furan rings is 1. The van der Waals surface area contributed by atoms with Crippen molar-refractivity contribution in [2.75, 3.05) is 0 Å². The van der Waals surface area contributed by atoms with Gasteiger partial charge in [-0.05, 0) is 69.7 Å². The van der Waals surface area contributed by atoms with Crippen molar-refractivity contribution in [3.8, 4) is 50.6 Å².